The van der Waals surface area contributed by atoms with Gasteiger partial charge in [-0.3, -0.25) is 4.79 Å². The number of rotatable bonds is 5. The minimum Gasteiger partial charge on any atom is -0.369 e. The van der Waals surface area contributed by atoms with Gasteiger partial charge in [-0.2, -0.15) is 0 Å². The van der Waals surface area contributed by atoms with Gasteiger partial charge in [0.1, 0.15) is 0 Å². The Morgan fingerprint density at radius 2 is 2.43 bits per heavy atom. The van der Waals surface area contributed by atoms with Gasteiger partial charge >= 0.3 is 0 Å². The molecule has 4 heteroatoms. The van der Waals surface area contributed by atoms with Crippen LogP contribution in [0.25, 0.3) is 0 Å². The molecule has 78 valence electrons. The van der Waals surface area contributed by atoms with Gasteiger partial charge in [0.25, 0.3) is 0 Å². The molecule has 0 bridgehead atoms. The number of aromatic nitrogens is 1. The first-order valence-electron chi connectivity index (χ1n) is 4.73. The topological polar surface area (TPSA) is 60.1 Å². The van der Waals surface area contributed by atoms with Crippen molar-refractivity contribution in [2.24, 2.45) is 11.7 Å². The summed E-state index contributed by atoms with van der Waals surface area (Å²) in [6, 6.07) is 4.00. The smallest absolute Gasteiger partial charge is 0.222 e. The molecule has 0 aliphatic carbocycles. The molecular weight excluding hydrogens is 178 g/mol. The number of carbonyl (C=O) groups is 1. The average molecular weight is 195 g/mol. The SMILES string of the molecule is CNCc1cccn1CC(C)C(N)=O. The Morgan fingerprint density at radius 3 is 3.00 bits per heavy atom. The number of nitrogens with two attached hydrogens (primary N) is 1. The lowest BCUT2D eigenvalue weighted by molar-refractivity contribution is -0.121. The van der Waals surface area contributed by atoms with Crippen LogP contribution in [0.15, 0.2) is 18.3 Å². The van der Waals surface area contributed by atoms with E-state index in [9.17, 15) is 4.79 Å². The van der Waals surface area contributed by atoms with E-state index in [1.54, 1.807) is 0 Å². The largest absolute Gasteiger partial charge is 0.369 e. The van der Waals surface area contributed by atoms with Crippen LogP contribution in [0.3, 0.4) is 0 Å². The first-order valence-corrected chi connectivity index (χ1v) is 4.73. The van der Waals surface area contributed by atoms with E-state index in [1.165, 1.54) is 5.69 Å². The Labute approximate surface area is 84.1 Å². The fourth-order valence-electron chi connectivity index (χ4n) is 1.35. The van der Waals surface area contributed by atoms with Gasteiger partial charge in [-0.25, -0.2) is 0 Å². The highest BCUT2D eigenvalue weighted by Crippen LogP contribution is 2.06. The molecule has 0 radical (unpaired) electrons. The molecule has 0 spiro atoms. The summed E-state index contributed by atoms with van der Waals surface area (Å²) in [7, 11) is 1.90. The van der Waals surface area contributed by atoms with E-state index < -0.39 is 0 Å². The quantitative estimate of drug-likeness (QED) is 0.711. The molecule has 0 fully saturated rings. The van der Waals surface area contributed by atoms with Crippen LogP contribution in [0.1, 0.15) is 12.6 Å². The van der Waals surface area contributed by atoms with E-state index in [-0.39, 0.29) is 11.8 Å². The maximum absolute atomic E-state index is 10.9. The second-order valence-electron chi connectivity index (χ2n) is 3.49. The molecule has 0 aliphatic rings. The third-order valence-electron chi connectivity index (χ3n) is 2.24. The van der Waals surface area contributed by atoms with E-state index in [0.29, 0.717) is 6.54 Å². The minimum atomic E-state index is -0.255. The van der Waals surface area contributed by atoms with Crippen LogP contribution in [0.5, 0.6) is 0 Å². The molecule has 1 unspecified atom stereocenters. The van der Waals surface area contributed by atoms with Gasteiger partial charge in [-0.05, 0) is 19.2 Å². The van der Waals surface area contributed by atoms with Crippen LogP contribution in [0.2, 0.25) is 0 Å². The lowest BCUT2D eigenvalue weighted by Crippen LogP contribution is -2.25. The van der Waals surface area contributed by atoms with Gasteiger partial charge in [0.15, 0.2) is 0 Å². The Balaban J connectivity index is 2.66. The number of nitrogens with zero attached hydrogens (tertiary/aromatic N) is 1. The Kier molecular flexibility index (Phi) is 3.71. The standard InChI is InChI=1S/C10H17N3O/c1-8(10(11)14)7-13-5-3-4-9(13)6-12-2/h3-5,8,12H,6-7H2,1-2H3,(H2,11,14). The molecule has 1 amide bonds. The molecule has 1 rings (SSSR count). The van der Waals surface area contributed by atoms with Crippen LogP contribution >= 0.6 is 0 Å². The molecule has 0 aromatic carbocycles. The lowest BCUT2D eigenvalue weighted by Gasteiger charge is -2.12. The van der Waals surface area contributed by atoms with Crippen LogP contribution in [-0.4, -0.2) is 17.5 Å². The summed E-state index contributed by atoms with van der Waals surface area (Å²) in [6.07, 6.45) is 1.96. The molecule has 0 aliphatic heterocycles. The van der Waals surface area contributed by atoms with Crippen LogP contribution < -0.4 is 11.1 Å². The van der Waals surface area contributed by atoms with Crippen molar-refractivity contribution in [3.8, 4) is 0 Å². The van der Waals surface area contributed by atoms with Crippen molar-refractivity contribution in [1.82, 2.24) is 9.88 Å². The number of carbonyl (C=O) groups excluding carboxylic acids is 1. The van der Waals surface area contributed by atoms with Gasteiger partial charge in [-0.1, -0.05) is 6.92 Å². The van der Waals surface area contributed by atoms with Gasteiger partial charge in [0, 0.05) is 25.0 Å². The number of hydrogen-bond acceptors (Lipinski definition) is 2. The Bertz CT molecular complexity index is 306. The van der Waals surface area contributed by atoms with Gasteiger partial charge in [0.05, 0.1) is 5.92 Å². The maximum Gasteiger partial charge on any atom is 0.222 e. The predicted molar refractivity (Wildman–Crippen MR) is 55.6 cm³/mol. The highest BCUT2D eigenvalue weighted by atomic mass is 16.1. The maximum atomic E-state index is 10.9. The summed E-state index contributed by atoms with van der Waals surface area (Å²) < 4.78 is 2.05. The number of primary amides is 1. The highest BCUT2D eigenvalue weighted by molar-refractivity contribution is 5.76. The second kappa shape index (κ2) is 4.81. The summed E-state index contributed by atoms with van der Waals surface area (Å²) in [5.74, 6) is -0.382. The van der Waals surface area contributed by atoms with E-state index in [4.69, 9.17) is 5.73 Å². The number of amides is 1. The van der Waals surface area contributed by atoms with Gasteiger partial charge in [0.2, 0.25) is 5.91 Å². The molecule has 1 aromatic rings. The summed E-state index contributed by atoms with van der Waals surface area (Å²) in [6.45, 7) is 3.29. The lowest BCUT2D eigenvalue weighted by atomic mass is 10.1. The van der Waals surface area contributed by atoms with E-state index in [1.807, 2.05) is 36.9 Å². The fraction of sp³-hybridized carbons (Fsp3) is 0.500. The fourth-order valence-corrected chi connectivity index (χ4v) is 1.35. The molecule has 1 heterocycles. The van der Waals surface area contributed by atoms with Gasteiger partial charge < -0.3 is 15.6 Å². The van der Waals surface area contributed by atoms with Gasteiger partial charge in [-0.15, -0.1) is 0 Å². The van der Waals surface area contributed by atoms with Crippen molar-refractivity contribution in [2.75, 3.05) is 7.05 Å². The molecule has 14 heavy (non-hydrogen) atoms. The van der Waals surface area contributed by atoms with Crippen LogP contribution in [0, 0.1) is 5.92 Å². The predicted octanol–water partition coefficient (Wildman–Crippen LogP) is 0.329. The normalized spacial score (nSPS) is 12.7. The highest BCUT2D eigenvalue weighted by Gasteiger charge is 2.10. The van der Waals surface area contributed by atoms with Crippen molar-refractivity contribution in [2.45, 2.75) is 20.0 Å². The first kappa shape index (κ1) is 10.8. The van der Waals surface area contributed by atoms with E-state index >= 15 is 0 Å². The molecular formula is C10H17N3O. The Morgan fingerprint density at radius 1 is 1.71 bits per heavy atom. The molecule has 3 N–H and O–H groups in total. The van der Waals surface area contributed by atoms with Crippen LogP contribution in [0.4, 0.5) is 0 Å². The third-order valence-corrected chi connectivity index (χ3v) is 2.24. The zero-order valence-electron chi connectivity index (χ0n) is 8.66. The summed E-state index contributed by atoms with van der Waals surface area (Å²) in [4.78, 5) is 10.9. The first-order chi connectivity index (χ1) is 6.65. The van der Waals surface area contributed by atoms with Crippen molar-refractivity contribution in [3.63, 3.8) is 0 Å². The zero-order chi connectivity index (χ0) is 10.6. The molecule has 1 aromatic heterocycles. The van der Waals surface area contributed by atoms with Crippen molar-refractivity contribution in [1.29, 1.82) is 0 Å². The Hall–Kier alpha value is -1.29. The number of hydrogen-bond donors (Lipinski definition) is 2. The number of nitrogens with one attached hydrogen (secondary N) is 1. The second-order valence-corrected chi connectivity index (χ2v) is 3.49. The minimum absolute atomic E-state index is 0.127. The summed E-state index contributed by atoms with van der Waals surface area (Å²) >= 11 is 0. The summed E-state index contributed by atoms with van der Waals surface area (Å²) in [5.41, 5.74) is 6.38. The van der Waals surface area contributed by atoms with E-state index in [0.717, 1.165) is 6.54 Å². The molecule has 0 saturated carbocycles. The van der Waals surface area contributed by atoms with Crippen molar-refractivity contribution in [3.05, 3.63) is 24.0 Å². The van der Waals surface area contributed by atoms with E-state index in [2.05, 4.69) is 5.32 Å². The van der Waals surface area contributed by atoms with Crippen molar-refractivity contribution < 1.29 is 4.79 Å². The summed E-state index contributed by atoms with van der Waals surface area (Å²) in [5, 5.41) is 3.08. The monoisotopic (exact) mass is 195 g/mol. The average Bonchev–Trinajstić information content (AvgIpc) is 2.53. The molecule has 0 saturated heterocycles. The van der Waals surface area contributed by atoms with Crippen LogP contribution in [-0.2, 0) is 17.9 Å². The molecule has 4 nitrogen and oxygen atoms in total. The zero-order valence-corrected chi connectivity index (χ0v) is 8.66. The van der Waals surface area contributed by atoms with Crippen molar-refractivity contribution >= 4 is 5.91 Å². The third kappa shape index (κ3) is 2.60. The molecule has 1 atom stereocenters.